The van der Waals surface area contributed by atoms with Crippen molar-refractivity contribution >= 4 is 42.1 Å². The van der Waals surface area contributed by atoms with Crippen molar-refractivity contribution in [3.8, 4) is 10.6 Å². The van der Waals surface area contributed by atoms with Crippen molar-refractivity contribution in [2.75, 3.05) is 20.8 Å². The number of halogens is 2. The van der Waals surface area contributed by atoms with E-state index in [2.05, 4.69) is 36.2 Å². The first kappa shape index (κ1) is 24.8. The SMILES string of the molecule is COCC(N)C(=O)N(C)C(C)c1sc(-c2ccc(C)cc2)nc1C.Cl.Cl. The predicted octanol–water partition coefficient (Wildman–Crippen LogP) is 3.76. The van der Waals surface area contributed by atoms with Gasteiger partial charge in [0.15, 0.2) is 0 Å². The smallest absolute Gasteiger partial charge is 0.242 e. The van der Waals surface area contributed by atoms with E-state index in [4.69, 9.17) is 10.5 Å². The molecule has 0 aliphatic heterocycles. The molecule has 0 saturated carbocycles. The minimum Gasteiger partial charge on any atom is -0.383 e. The highest BCUT2D eigenvalue weighted by Gasteiger charge is 2.25. The maximum absolute atomic E-state index is 12.4. The number of carbonyl (C=O) groups is 1. The lowest BCUT2D eigenvalue weighted by Gasteiger charge is -2.27. The van der Waals surface area contributed by atoms with Crippen molar-refractivity contribution in [1.29, 1.82) is 0 Å². The molecule has 2 aromatic rings. The van der Waals surface area contributed by atoms with Gasteiger partial charge in [-0.1, -0.05) is 29.8 Å². The van der Waals surface area contributed by atoms with Crippen LogP contribution in [0.4, 0.5) is 0 Å². The first-order chi connectivity index (χ1) is 11.3. The summed E-state index contributed by atoms with van der Waals surface area (Å²) in [5.41, 5.74) is 9.13. The number of aromatic nitrogens is 1. The van der Waals surface area contributed by atoms with Gasteiger partial charge in [-0.15, -0.1) is 36.2 Å². The van der Waals surface area contributed by atoms with E-state index >= 15 is 0 Å². The van der Waals surface area contributed by atoms with Crippen LogP contribution in [0.1, 0.15) is 29.1 Å². The van der Waals surface area contributed by atoms with Gasteiger partial charge in [-0.3, -0.25) is 4.79 Å². The fourth-order valence-corrected chi connectivity index (χ4v) is 3.66. The van der Waals surface area contributed by atoms with Crippen LogP contribution in [0.5, 0.6) is 0 Å². The zero-order valence-corrected chi connectivity index (χ0v) is 18.1. The Morgan fingerprint density at radius 1 is 1.27 bits per heavy atom. The molecule has 146 valence electrons. The number of likely N-dealkylation sites (N-methyl/N-ethyl adjacent to an activating group) is 1. The quantitative estimate of drug-likeness (QED) is 0.773. The van der Waals surface area contributed by atoms with Gasteiger partial charge < -0.3 is 15.4 Å². The van der Waals surface area contributed by atoms with Crippen molar-refractivity contribution in [2.24, 2.45) is 5.73 Å². The number of ether oxygens (including phenoxy) is 1. The summed E-state index contributed by atoms with van der Waals surface area (Å²) in [6.07, 6.45) is 0. The first-order valence-electron chi connectivity index (χ1n) is 7.90. The number of benzene rings is 1. The van der Waals surface area contributed by atoms with Gasteiger partial charge in [-0.05, 0) is 20.8 Å². The van der Waals surface area contributed by atoms with Crippen molar-refractivity contribution in [1.82, 2.24) is 9.88 Å². The van der Waals surface area contributed by atoms with Gasteiger partial charge in [0.2, 0.25) is 5.91 Å². The average Bonchev–Trinajstić information content (AvgIpc) is 2.95. The molecule has 0 aliphatic carbocycles. The van der Waals surface area contributed by atoms with Crippen LogP contribution in [0, 0.1) is 13.8 Å². The molecule has 0 radical (unpaired) electrons. The third-order valence-electron chi connectivity index (χ3n) is 4.10. The zero-order valence-electron chi connectivity index (χ0n) is 15.7. The molecule has 0 fully saturated rings. The van der Waals surface area contributed by atoms with E-state index in [1.54, 1.807) is 23.3 Å². The molecular weight excluding hydrogens is 393 g/mol. The molecule has 8 heteroatoms. The molecule has 2 N–H and O–H groups in total. The number of methoxy groups -OCH3 is 1. The van der Waals surface area contributed by atoms with E-state index in [0.29, 0.717) is 0 Å². The van der Waals surface area contributed by atoms with Crippen molar-refractivity contribution in [3.05, 3.63) is 40.4 Å². The Morgan fingerprint density at radius 3 is 2.38 bits per heavy atom. The normalized spacial score (nSPS) is 12.5. The topological polar surface area (TPSA) is 68.5 Å². The molecule has 2 rings (SSSR count). The molecular formula is C18H27Cl2N3O2S. The van der Waals surface area contributed by atoms with E-state index in [1.165, 1.54) is 12.7 Å². The average molecular weight is 420 g/mol. The lowest BCUT2D eigenvalue weighted by Crippen LogP contribution is -2.45. The Hall–Kier alpha value is -1.18. The number of aryl methyl sites for hydroxylation is 2. The van der Waals surface area contributed by atoms with Crippen LogP contribution < -0.4 is 5.73 Å². The number of thiazole rings is 1. The zero-order chi connectivity index (χ0) is 17.9. The number of rotatable bonds is 6. The summed E-state index contributed by atoms with van der Waals surface area (Å²) in [6.45, 7) is 6.25. The van der Waals surface area contributed by atoms with Crippen LogP contribution in [0.2, 0.25) is 0 Å². The van der Waals surface area contributed by atoms with Crippen LogP contribution in [-0.2, 0) is 9.53 Å². The summed E-state index contributed by atoms with van der Waals surface area (Å²) in [5, 5.41) is 0.969. The van der Waals surface area contributed by atoms with Crippen LogP contribution in [-0.4, -0.2) is 42.6 Å². The van der Waals surface area contributed by atoms with Crippen molar-refractivity contribution in [3.63, 3.8) is 0 Å². The van der Waals surface area contributed by atoms with Crippen LogP contribution >= 0.6 is 36.2 Å². The summed E-state index contributed by atoms with van der Waals surface area (Å²) >= 11 is 1.62. The summed E-state index contributed by atoms with van der Waals surface area (Å²) in [6, 6.07) is 7.57. The maximum Gasteiger partial charge on any atom is 0.242 e. The number of hydrogen-bond acceptors (Lipinski definition) is 5. The maximum atomic E-state index is 12.4. The van der Waals surface area contributed by atoms with Crippen molar-refractivity contribution in [2.45, 2.75) is 32.9 Å². The first-order valence-corrected chi connectivity index (χ1v) is 8.72. The highest BCUT2D eigenvalue weighted by Crippen LogP contribution is 2.34. The summed E-state index contributed by atoms with van der Waals surface area (Å²) in [7, 11) is 3.31. The van der Waals surface area contributed by atoms with Crippen LogP contribution in [0.15, 0.2) is 24.3 Å². The minimum absolute atomic E-state index is 0. The van der Waals surface area contributed by atoms with Gasteiger partial charge in [0.1, 0.15) is 11.0 Å². The lowest BCUT2D eigenvalue weighted by molar-refractivity contribution is -0.134. The highest BCUT2D eigenvalue weighted by molar-refractivity contribution is 7.15. The molecule has 0 bridgehead atoms. The predicted molar refractivity (Wildman–Crippen MR) is 113 cm³/mol. The van der Waals surface area contributed by atoms with E-state index in [0.717, 1.165) is 21.1 Å². The Morgan fingerprint density at radius 2 is 1.85 bits per heavy atom. The van der Waals surface area contributed by atoms with Crippen molar-refractivity contribution < 1.29 is 9.53 Å². The number of carbonyl (C=O) groups excluding carboxylic acids is 1. The molecule has 1 aromatic heterocycles. The third kappa shape index (κ3) is 5.66. The van der Waals surface area contributed by atoms with E-state index in [9.17, 15) is 4.79 Å². The molecule has 1 aromatic carbocycles. The molecule has 0 saturated heterocycles. The largest absolute Gasteiger partial charge is 0.383 e. The Kier molecular flexibility index (Phi) is 10.4. The summed E-state index contributed by atoms with van der Waals surface area (Å²) < 4.78 is 4.97. The van der Waals surface area contributed by atoms with Gasteiger partial charge in [0, 0.05) is 19.7 Å². The van der Waals surface area contributed by atoms with Crippen LogP contribution in [0.3, 0.4) is 0 Å². The van der Waals surface area contributed by atoms with Gasteiger partial charge in [-0.25, -0.2) is 4.98 Å². The van der Waals surface area contributed by atoms with Gasteiger partial charge in [-0.2, -0.15) is 0 Å². The fraction of sp³-hybridized carbons (Fsp3) is 0.444. The second kappa shape index (κ2) is 10.8. The summed E-state index contributed by atoms with van der Waals surface area (Å²) in [4.78, 5) is 19.8. The van der Waals surface area contributed by atoms with Crippen LogP contribution in [0.25, 0.3) is 10.6 Å². The monoisotopic (exact) mass is 419 g/mol. The van der Waals surface area contributed by atoms with Gasteiger partial charge >= 0.3 is 0 Å². The Bertz CT molecular complexity index is 707. The summed E-state index contributed by atoms with van der Waals surface area (Å²) in [5.74, 6) is -0.131. The molecule has 1 heterocycles. The number of amides is 1. The second-order valence-corrected chi connectivity index (χ2v) is 7.05. The fourth-order valence-electron chi connectivity index (χ4n) is 2.49. The molecule has 2 unspecified atom stereocenters. The van der Waals surface area contributed by atoms with Gasteiger partial charge in [0.25, 0.3) is 0 Å². The molecule has 0 aliphatic rings. The van der Waals surface area contributed by atoms with E-state index in [-0.39, 0.29) is 43.4 Å². The lowest BCUT2D eigenvalue weighted by atomic mass is 10.1. The standard InChI is InChI=1S/C18H25N3O2S.2ClH/c1-11-6-8-14(9-7-11)17-20-12(2)16(24-17)13(3)21(4)18(22)15(19)10-23-5;;/h6-9,13,15H,10,19H2,1-5H3;2*1H. The minimum atomic E-state index is -0.646. The number of nitrogens with two attached hydrogens (primary N) is 1. The molecule has 0 spiro atoms. The molecule has 5 nitrogen and oxygen atoms in total. The highest BCUT2D eigenvalue weighted by atomic mass is 35.5. The number of nitrogens with zero attached hydrogens (tertiary/aromatic N) is 2. The second-order valence-electron chi connectivity index (χ2n) is 6.02. The van der Waals surface area contributed by atoms with Gasteiger partial charge in [0.05, 0.1) is 23.2 Å². The molecule has 1 amide bonds. The van der Waals surface area contributed by atoms with E-state index in [1.807, 2.05) is 13.8 Å². The number of hydrogen-bond donors (Lipinski definition) is 1. The Balaban J connectivity index is 0.00000312. The molecule has 2 atom stereocenters. The Labute approximate surface area is 171 Å². The van der Waals surface area contributed by atoms with E-state index < -0.39 is 6.04 Å². The molecule has 26 heavy (non-hydrogen) atoms. The third-order valence-corrected chi connectivity index (χ3v) is 5.48.